The highest BCUT2D eigenvalue weighted by atomic mass is 16.5. The van der Waals surface area contributed by atoms with E-state index < -0.39 is 17.7 Å². The van der Waals surface area contributed by atoms with Crippen LogP contribution in [0.1, 0.15) is 67.5 Å². The topological polar surface area (TPSA) is 66.8 Å². The van der Waals surface area contributed by atoms with Crippen LogP contribution >= 0.6 is 0 Å². The number of hydrogen-bond donors (Lipinski definition) is 1. The summed E-state index contributed by atoms with van der Waals surface area (Å²) in [6, 6.07) is 20.2. The average Bonchev–Trinajstić information content (AvgIpc) is 3.18. The zero-order valence-corrected chi connectivity index (χ0v) is 21.7. The predicted octanol–water partition coefficient (Wildman–Crippen LogP) is 6.54. The second kappa shape index (κ2) is 10.3. The van der Waals surface area contributed by atoms with Gasteiger partial charge in [0, 0.05) is 11.3 Å². The first-order valence-corrected chi connectivity index (χ1v) is 13.2. The number of anilines is 1. The molecule has 37 heavy (non-hydrogen) atoms. The summed E-state index contributed by atoms with van der Waals surface area (Å²) < 4.78 is 5.76. The fraction of sp³-hybridized carbons (Fsp3) is 0.312. The summed E-state index contributed by atoms with van der Waals surface area (Å²) in [5, 5.41) is 11.5. The van der Waals surface area contributed by atoms with Crippen molar-refractivity contribution in [2.24, 2.45) is 0 Å². The van der Waals surface area contributed by atoms with Crippen LogP contribution in [-0.4, -0.2) is 22.9 Å². The van der Waals surface area contributed by atoms with Gasteiger partial charge in [-0.1, -0.05) is 43.3 Å². The Morgan fingerprint density at radius 3 is 2.27 bits per heavy atom. The van der Waals surface area contributed by atoms with Crippen LogP contribution < -0.4 is 9.64 Å². The van der Waals surface area contributed by atoms with Crippen LogP contribution in [0.4, 0.5) is 5.69 Å². The molecular formula is C32H33NO4. The van der Waals surface area contributed by atoms with Crippen LogP contribution in [-0.2, 0) is 28.9 Å². The molecular weight excluding hydrogens is 462 g/mol. The Morgan fingerprint density at radius 1 is 0.946 bits per heavy atom. The number of ether oxygens (including phenoxy) is 1. The first kappa shape index (κ1) is 24.8. The molecule has 190 valence electrons. The number of hydrogen-bond acceptors (Lipinski definition) is 4. The SMILES string of the molecule is CCc1ccc(C2/C(=C(/O)c3ccc4c(c3)CCCC4)C(=O)C(=O)N2c2ccc(OC(C)C)cc2)cc1. The highest BCUT2D eigenvalue weighted by Crippen LogP contribution is 2.43. The quantitative estimate of drug-likeness (QED) is 0.239. The number of nitrogens with zero attached hydrogens (tertiary/aromatic N) is 1. The van der Waals surface area contributed by atoms with Crippen molar-refractivity contribution >= 4 is 23.1 Å². The van der Waals surface area contributed by atoms with Crippen LogP contribution in [0.15, 0.2) is 72.3 Å². The number of aryl methyl sites for hydroxylation is 3. The second-order valence-corrected chi connectivity index (χ2v) is 10.1. The molecule has 2 aliphatic rings. The van der Waals surface area contributed by atoms with E-state index in [1.807, 2.05) is 56.3 Å². The summed E-state index contributed by atoms with van der Waals surface area (Å²) >= 11 is 0. The Morgan fingerprint density at radius 2 is 1.62 bits per heavy atom. The number of aliphatic hydroxyl groups excluding tert-OH is 1. The first-order chi connectivity index (χ1) is 17.9. The highest BCUT2D eigenvalue weighted by Gasteiger charge is 2.47. The van der Waals surface area contributed by atoms with Gasteiger partial charge in [0.15, 0.2) is 0 Å². The Kier molecular flexibility index (Phi) is 6.88. The van der Waals surface area contributed by atoms with Gasteiger partial charge in [0.2, 0.25) is 0 Å². The molecule has 1 atom stereocenters. The van der Waals surface area contributed by atoms with E-state index in [2.05, 4.69) is 6.92 Å². The van der Waals surface area contributed by atoms with Gasteiger partial charge in [-0.15, -0.1) is 0 Å². The monoisotopic (exact) mass is 495 g/mol. The maximum Gasteiger partial charge on any atom is 0.300 e. The Balaban J connectivity index is 1.63. The van der Waals surface area contributed by atoms with E-state index in [0.717, 1.165) is 43.2 Å². The molecule has 1 heterocycles. The van der Waals surface area contributed by atoms with E-state index in [9.17, 15) is 14.7 Å². The van der Waals surface area contributed by atoms with Crippen LogP contribution in [0.25, 0.3) is 5.76 Å². The number of amides is 1. The minimum absolute atomic E-state index is 0.0220. The summed E-state index contributed by atoms with van der Waals surface area (Å²) in [4.78, 5) is 28.4. The first-order valence-electron chi connectivity index (χ1n) is 13.2. The summed E-state index contributed by atoms with van der Waals surface area (Å²) in [5.74, 6) is -0.768. The van der Waals surface area contributed by atoms with E-state index in [1.165, 1.54) is 16.0 Å². The third-order valence-electron chi connectivity index (χ3n) is 7.26. The number of Topliss-reactive ketones (excluding diaryl/α,β-unsaturated/α-hetero) is 1. The van der Waals surface area contributed by atoms with Crippen molar-refractivity contribution in [3.05, 3.63) is 100 Å². The molecule has 0 radical (unpaired) electrons. The average molecular weight is 496 g/mol. The molecule has 0 spiro atoms. The van der Waals surface area contributed by atoms with Gasteiger partial charge < -0.3 is 9.84 Å². The lowest BCUT2D eigenvalue weighted by Crippen LogP contribution is -2.29. The molecule has 1 aliphatic heterocycles. The van der Waals surface area contributed by atoms with Gasteiger partial charge in [0.05, 0.1) is 17.7 Å². The summed E-state index contributed by atoms with van der Waals surface area (Å²) in [6.45, 7) is 5.98. The number of ketones is 1. The molecule has 1 aliphatic carbocycles. The predicted molar refractivity (Wildman–Crippen MR) is 146 cm³/mol. The highest BCUT2D eigenvalue weighted by molar-refractivity contribution is 6.51. The zero-order valence-electron chi connectivity index (χ0n) is 21.7. The number of carbonyl (C=O) groups excluding carboxylic acids is 2. The maximum absolute atomic E-state index is 13.5. The molecule has 5 nitrogen and oxygen atoms in total. The molecule has 5 heteroatoms. The van der Waals surface area contributed by atoms with Crippen LogP contribution in [0.3, 0.4) is 0 Å². The normalized spacial score (nSPS) is 18.8. The summed E-state index contributed by atoms with van der Waals surface area (Å²) in [6.07, 6.45) is 5.17. The van der Waals surface area contributed by atoms with Crippen LogP contribution in [0.2, 0.25) is 0 Å². The Bertz CT molecular complexity index is 1350. The van der Waals surface area contributed by atoms with Gasteiger partial charge in [-0.25, -0.2) is 0 Å². The molecule has 1 amide bonds. The molecule has 0 saturated carbocycles. The van der Waals surface area contributed by atoms with Crippen molar-refractivity contribution in [2.45, 2.75) is 65.0 Å². The number of fused-ring (bicyclic) bond motifs is 1. The minimum atomic E-state index is -0.737. The molecule has 1 unspecified atom stereocenters. The number of aliphatic hydroxyl groups is 1. The Hall–Kier alpha value is -3.86. The molecule has 0 aromatic heterocycles. The van der Waals surface area contributed by atoms with Crippen molar-refractivity contribution in [2.75, 3.05) is 4.90 Å². The fourth-order valence-corrected chi connectivity index (χ4v) is 5.34. The molecule has 1 fully saturated rings. The number of rotatable bonds is 6. The van der Waals surface area contributed by atoms with Crippen molar-refractivity contribution in [1.82, 2.24) is 0 Å². The largest absolute Gasteiger partial charge is 0.507 e. The molecule has 1 N–H and O–H groups in total. The van der Waals surface area contributed by atoms with E-state index >= 15 is 0 Å². The fourth-order valence-electron chi connectivity index (χ4n) is 5.34. The van der Waals surface area contributed by atoms with Gasteiger partial charge in [-0.05, 0) is 98.5 Å². The lowest BCUT2D eigenvalue weighted by atomic mass is 9.88. The second-order valence-electron chi connectivity index (χ2n) is 10.1. The van der Waals surface area contributed by atoms with Gasteiger partial charge in [-0.2, -0.15) is 0 Å². The maximum atomic E-state index is 13.5. The van der Waals surface area contributed by atoms with E-state index in [4.69, 9.17) is 4.74 Å². The molecule has 5 rings (SSSR count). The zero-order chi connectivity index (χ0) is 26.1. The lowest BCUT2D eigenvalue weighted by Gasteiger charge is -2.26. The minimum Gasteiger partial charge on any atom is -0.507 e. The van der Waals surface area contributed by atoms with Crippen molar-refractivity contribution in [1.29, 1.82) is 0 Å². The molecule has 3 aromatic carbocycles. The van der Waals surface area contributed by atoms with Crippen LogP contribution in [0, 0.1) is 0 Å². The van der Waals surface area contributed by atoms with Crippen molar-refractivity contribution in [3.8, 4) is 5.75 Å². The van der Waals surface area contributed by atoms with Gasteiger partial charge in [0.1, 0.15) is 11.5 Å². The Labute approximate surface area is 218 Å². The summed E-state index contributed by atoms with van der Waals surface area (Å²) in [7, 11) is 0. The van der Waals surface area contributed by atoms with Crippen molar-refractivity contribution in [3.63, 3.8) is 0 Å². The summed E-state index contributed by atoms with van der Waals surface area (Å²) in [5.41, 5.74) is 5.70. The standard InChI is InChI=1S/C32H33NO4/c1-4-21-9-11-23(12-10-21)29-28(30(34)25-14-13-22-7-5-6-8-24(22)19-25)31(35)32(36)33(29)26-15-17-27(18-16-26)37-20(2)3/h9-20,29,34H,4-8H2,1-3H3/b30-28-. The van der Waals surface area contributed by atoms with Gasteiger partial charge in [0.25, 0.3) is 11.7 Å². The third kappa shape index (κ3) is 4.78. The van der Waals surface area contributed by atoms with Gasteiger partial charge >= 0.3 is 0 Å². The van der Waals surface area contributed by atoms with Crippen LogP contribution in [0.5, 0.6) is 5.75 Å². The molecule has 3 aromatic rings. The molecule has 0 bridgehead atoms. The number of benzene rings is 3. The molecule has 1 saturated heterocycles. The van der Waals surface area contributed by atoms with E-state index in [0.29, 0.717) is 17.0 Å². The van der Waals surface area contributed by atoms with E-state index in [1.54, 1.807) is 24.3 Å². The van der Waals surface area contributed by atoms with Gasteiger partial charge in [-0.3, -0.25) is 14.5 Å². The smallest absolute Gasteiger partial charge is 0.300 e. The van der Waals surface area contributed by atoms with Crippen molar-refractivity contribution < 1.29 is 19.4 Å². The third-order valence-corrected chi connectivity index (χ3v) is 7.26. The lowest BCUT2D eigenvalue weighted by molar-refractivity contribution is -0.132. The number of carbonyl (C=O) groups is 2. The van der Waals surface area contributed by atoms with E-state index in [-0.39, 0.29) is 17.4 Å².